The summed E-state index contributed by atoms with van der Waals surface area (Å²) in [5.74, 6) is 0. The molecule has 0 aromatic heterocycles. The molecule has 0 aliphatic carbocycles. The first-order valence-electron chi connectivity index (χ1n) is 7.67. The van der Waals surface area contributed by atoms with Gasteiger partial charge in [-0.05, 0) is 45.2 Å². The third-order valence-corrected chi connectivity index (χ3v) is 3.30. The van der Waals surface area contributed by atoms with Crippen LogP contribution in [0.3, 0.4) is 0 Å². The predicted octanol–water partition coefficient (Wildman–Crippen LogP) is 3.89. The Morgan fingerprint density at radius 1 is 1.14 bits per heavy atom. The number of rotatable bonds is 10. The maximum atomic E-state index is 12.1. The summed E-state index contributed by atoms with van der Waals surface area (Å²) in [5, 5.41) is 3.48. The van der Waals surface area contributed by atoms with E-state index in [1.807, 2.05) is 0 Å². The van der Waals surface area contributed by atoms with Crippen molar-refractivity contribution in [3.05, 3.63) is 34.9 Å². The Morgan fingerprint density at radius 3 is 2.38 bits per heavy atom. The third kappa shape index (κ3) is 8.12. The van der Waals surface area contributed by atoms with Crippen LogP contribution in [0.4, 0.5) is 8.78 Å². The lowest BCUT2D eigenvalue weighted by Crippen LogP contribution is -2.33. The highest BCUT2D eigenvalue weighted by Gasteiger charge is 2.10. The largest absolute Gasteiger partial charge is 0.375 e. The number of nitrogens with one attached hydrogen (secondary N) is 1. The molecule has 1 aromatic rings. The van der Waals surface area contributed by atoms with Gasteiger partial charge in [-0.3, -0.25) is 0 Å². The van der Waals surface area contributed by atoms with Crippen LogP contribution in [-0.2, 0) is 11.2 Å². The number of hydrogen-bond acceptors (Lipinski definition) is 2. The second-order valence-corrected chi connectivity index (χ2v) is 5.61. The summed E-state index contributed by atoms with van der Waals surface area (Å²) >= 11 is 0. The quantitative estimate of drug-likeness (QED) is 0.662. The van der Waals surface area contributed by atoms with Crippen LogP contribution in [0, 0.1) is 13.8 Å². The monoisotopic (exact) mass is 299 g/mol. The van der Waals surface area contributed by atoms with Crippen LogP contribution in [0.1, 0.15) is 36.5 Å². The minimum atomic E-state index is -2.38. The summed E-state index contributed by atoms with van der Waals surface area (Å²) in [6.07, 6.45) is 0.327. The van der Waals surface area contributed by atoms with Gasteiger partial charge in [-0.1, -0.05) is 36.2 Å². The molecular weight excluding hydrogens is 272 g/mol. The molecule has 1 rings (SSSR count). The first-order valence-corrected chi connectivity index (χ1v) is 7.67. The van der Waals surface area contributed by atoms with Gasteiger partial charge < -0.3 is 10.1 Å². The fourth-order valence-electron chi connectivity index (χ4n) is 2.49. The van der Waals surface area contributed by atoms with Crippen LogP contribution in [0.2, 0.25) is 0 Å². The van der Waals surface area contributed by atoms with Crippen LogP contribution < -0.4 is 5.32 Å². The number of ether oxygens (including phenoxy) is 1. The molecule has 0 saturated carbocycles. The molecule has 0 bridgehead atoms. The molecule has 1 unspecified atom stereocenters. The van der Waals surface area contributed by atoms with Crippen LogP contribution in [0.25, 0.3) is 0 Å². The van der Waals surface area contributed by atoms with Crippen LogP contribution in [-0.4, -0.2) is 32.2 Å². The van der Waals surface area contributed by atoms with Gasteiger partial charge in [-0.15, -0.1) is 0 Å². The molecule has 2 nitrogen and oxygen atoms in total. The zero-order chi connectivity index (χ0) is 15.7. The highest BCUT2D eigenvalue weighted by atomic mass is 19.3. The fourth-order valence-corrected chi connectivity index (χ4v) is 2.49. The molecule has 1 atom stereocenters. The number of alkyl halides is 2. The van der Waals surface area contributed by atoms with Crippen molar-refractivity contribution in [3.63, 3.8) is 0 Å². The Bertz CT molecular complexity index is 390. The first-order chi connectivity index (χ1) is 10.0. The van der Waals surface area contributed by atoms with E-state index in [0.717, 1.165) is 25.8 Å². The molecule has 1 N–H and O–H groups in total. The van der Waals surface area contributed by atoms with Gasteiger partial charge in [-0.2, -0.15) is 0 Å². The van der Waals surface area contributed by atoms with Crippen molar-refractivity contribution < 1.29 is 13.5 Å². The van der Waals surface area contributed by atoms with Gasteiger partial charge in [0.15, 0.2) is 0 Å². The number of halogens is 2. The van der Waals surface area contributed by atoms with E-state index in [2.05, 4.69) is 44.3 Å². The molecule has 1 aromatic carbocycles. The first kappa shape index (κ1) is 18.1. The molecule has 0 saturated heterocycles. The zero-order valence-corrected chi connectivity index (χ0v) is 13.3. The molecule has 0 aliphatic rings. The van der Waals surface area contributed by atoms with Crippen LogP contribution in [0.15, 0.2) is 18.2 Å². The zero-order valence-electron chi connectivity index (χ0n) is 13.3. The molecule has 0 heterocycles. The molecule has 0 aliphatic heterocycles. The number of hydrogen-bond donors (Lipinski definition) is 1. The average molecular weight is 299 g/mol. The second kappa shape index (κ2) is 9.85. The summed E-state index contributed by atoms with van der Waals surface area (Å²) in [7, 11) is 0. The normalized spacial score (nSPS) is 12.9. The van der Waals surface area contributed by atoms with Gasteiger partial charge >= 0.3 is 0 Å². The van der Waals surface area contributed by atoms with Crippen molar-refractivity contribution in [2.45, 2.75) is 52.5 Å². The van der Waals surface area contributed by atoms with Crippen molar-refractivity contribution >= 4 is 0 Å². The molecule has 120 valence electrons. The lowest BCUT2D eigenvalue weighted by molar-refractivity contribution is 0.0144. The minimum absolute atomic E-state index is 0.267. The van der Waals surface area contributed by atoms with E-state index < -0.39 is 13.0 Å². The van der Waals surface area contributed by atoms with Gasteiger partial charge in [0.2, 0.25) is 0 Å². The molecule has 0 radical (unpaired) electrons. The van der Waals surface area contributed by atoms with E-state index in [-0.39, 0.29) is 6.04 Å². The van der Waals surface area contributed by atoms with Crippen molar-refractivity contribution in [2.24, 2.45) is 0 Å². The predicted molar refractivity (Wildman–Crippen MR) is 83.1 cm³/mol. The minimum Gasteiger partial charge on any atom is -0.375 e. The third-order valence-electron chi connectivity index (χ3n) is 3.30. The summed E-state index contributed by atoms with van der Waals surface area (Å²) in [6, 6.07) is 6.80. The molecular formula is C17H27F2NO. The summed E-state index contributed by atoms with van der Waals surface area (Å²) in [6.45, 7) is 7.15. The van der Waals surface area contributed by atoms with Crippen molar-refractivity contribution in [2.75, 3.05) is 19.8 Å². The lowest BCUT2D eigenvalue weighted by atomic mass is 9.99. The Hall–Kier alpha value is -1.00. The van der Waals surface area contributed by atoms with Crippen molar-refractivity contribution in [1.82, 2.24) is 5.32 Å². The lowest BCUT2D eigenvalue weighted by Gasteiger charge is -2.19. The molecule has 21 heavy (non-hydrogen) atoms. The topological polar surface area (TPSA) is 21.3 Å². The molecule has 0 spiro atoms. The average Bonchev–Trinajstić information content (AvgIpc) is 2.39. The van der Waals surface area contributed by atoms with Crippen molar-refractivity contribution in [3.8, 4) is 0 Å². The highest BCUT2D eigenvalue weighted by Crippen LogP contribution is 2.12. The van der Waals surface area contributed by atoms with Crippen LogP contribution >= 0.6 is 0 Å². The smallest absolute Gasteiger partial charge is 0.261 e. The van der Waals surface area contributed by atoms with E-state index >= 15 is 0 Å². The fraction of sp³-hybridized carbons (Fsp3) is 0.647. The second-order valence-electron chi connectivity index (χ2n) is 5.61. The van der Waals surface area contributed by atoms with Gasteiger partial charge in [-0.25, -0.2) is 8.78 Å². The number of benzene rings is 1. The Kier molecular flexibility index (Phi) is 8.47. The summed E-state index contributed by atoms with van der Waals surface area (Å²) in [5.41, 5.74) is 3.80. The highest BCUT2D eigenvalue weighted by molar-refractivity contribution is 5.29. The molecule has 0 fully saturated rings. The van der Waals surface area contributed by atoms with E-state index in [4.69, 9.17) is 4.74 Å². The van der Waals surface area contributed by atoms with Crippen molar-refractivity contribution in [1.29, 1.82) is 0 Å². The maximum absolute atomic E-state index is 12.1. The Balaban J connectivity index is 2.51. The maximum Gasteiger partial charge on any atom is 0.261 e. The van der Waals surface area contributed by atoms with Gasteiger partial charge in [0.25, 0.3) is 6.43 Å². The van der Waals surface area contributed by atoms with E-state index in [0.29, 0.717) is 6.61 Å². The summed E-state index contributed by atoms with van der Waals surface area (Å²) in [4.78, 5) is 0. The Morgan fingerprint density at radius 2 is 1.81 bits per heavy atom. The number of aryl methyl sites for hydroxylation is 2. The van der Waals surface area contributed by atoms with E-state index in [1.165, 1.54) is 16.7 Å². The van der Waals surface area contributed by atoms with Gasteiger partial charge in [0, 0.05) is 12.6 Å². The molecule has 4 heteroatoms. The van der Waals surface area contributed by atoms with Gasteiger partial charge in [0.05, 0.1) is 0 Å². The van der Waals surface area contributed by atoms with E-state index in [1.54, 1.807) is 0 Å². The SMILES string of the molecule is CCCNC(CCOCC(F)F)Cc1cc(C)cc(C)c1. The standard InChI is InChI=1S/C17H27F2NO/c1-4-6-20-16(5-7-21-12-17(18)19)11-15-9-13(2)8-14(3)10-15/h8-10,16-17,20H,4-7,11-12H2,1-3H3. The molecule has 0 amide bonds. The van der Waals surface area contributed by atoms with E-state index in [9.17, 15) is 8.78 Å². The van der Waals surface area contributed by atoms with Crippen LogP contribution in [0.5, 0.6) is 0 Å². The van der Waals surface area contributed by atoms with Gasteiger partial charge in [0.1, 0.15) is 6.61 Å². The Labute approximate surface area is 126 Å². The summed E-state index contributed by atoms with van der Waals surface area (Å²) < 4.78 is 29.1.